The van der Waals surface area contributed by atoms with E-state index in [1.807, 2.05) is 19.9 Å². The molecule has 0 radical (unpaired) electrons. The van der Waals surface area contributed by atoms with Gasteiger partial charge >= 0.3 is 10.1 Å². The van der Waals surface area contributed by atoms with Crippen LogP contribution in [-0.4, -0.2) is 15.0 Å². The van der Waals surface area contributed by atoms with Gasteiger partial charge in [-0.2, -0.15) is 8.42 Å². The van der Waals surface area contributed by atoms with Gasteiger partial charge in [0.1, 0.15) is 16.4 Å². The molecule has 0 unspecified atom stereocenters. The highest BCUT2D eigenvalue weighted by molar-refractivity contribution is 9.10. The van der Waals surface area contributed by atoms with E-state index in [2.05, 4.69) is 15.9 Å². The first kappa shape index (κ1) is 15.9. The van der Waals surface area contributed by atoms with Crippen molar-refractivity contribution in [2.45, 2.75) is 18.7 Å². The molecule has 0 bridgehead atoms. The third-order valence-electron chi connectivity index (χ3n) is 2.63. The summed E-state index contributed by atoms with van der Waals surface area (Å²) >= 11 is 3.24. The lowest BCUT2D eigenvalue weighted by molar-refractivity contribution is 0.338. The van der Waals surface area contributed by atoms with Gasteiger partial charge in [0.15, 0.2) is 0 Å². The van der Waals surface area contributed by atoms with Crippen LogP contribution in [0, 0.1) is 6.92 Å². The number of aryl methyl sites for hydroxylation is 1. The zero-order valence-corrected chi connectivity index (χ0v) is 14.1. The molecule has 0 amide bonds. The van der Waals surface area contributed by atoms with Gasteiger partial charge < -0.3 is 8.92 Å². The predicted octanol–water partition coefficient (Wildman–Crippen LogP) is 3.92. The zero-order valence-electron chi connectivity index (χ0n) is 11.7. The van der Waals surface area contributed by atoms with E-state index in [1.54, 1.807) is 24.3 Å². The van der Waals surface area contributed by atoms with Gasteiger partial charge in [-0.3, -0.25) is 0 Å². The van der Waals surface area contributed by atoms with Crippen LogP contribution < -0.4 is 8.92 Å². The fourth-order valence-corrected chi connectivity index (χ4v) is 3.32. The van der Waals surface area contributed by atoms with Crippen molar-refractivity contribution in [1.82, 2.24) is 0 Å². The Kier molecular flexibility index (Phi) is 4.90. The molecule has 21 heavy (non-hydrogen) atoms. The monoisotopic (exact) mass is 370 g/mol. The molecule has 0 saturated heterocycles. The summed E-state index contributed by atoms with van der Waals surface area (Å²) in [5.41, 5.74) is 0.861. The van der Waals surface area contributed by atoms with E-state index in [4.69, 9.17) is 8.92 Å². The number of hydrogen-bond acceptors (Lipinski definition) is 4. The average Bonchev–Trinajstić information content (AvgIpc) is 2.37. The van der Waals surface area contributed by atoms with Crippen molar-refractivity contribution >= 4 is 26.0 Å². The summed E-state index contributed by atoms with van der Waals surface area (Å²) in [5.74, 6) is 0.815. The van der Waals surface area contributed by atoms with Crippen molar-refractivity contribution in [2.75, 3.05) is 6.61 Å². The van der Waals surface area contributed by atoms with Crippen LogP contribution in [0.5, 0.6) is 11.5 Å². The van der Waals surface area contributed by atoms with Crippen LogP contribution in [-0.2, 0) is 10.1 Å². The summed E-state index contributed by atoms with van der Waals surface area (Å²) in [7, 11) is -3.87. The molecule has 6 heteroatoms. The number of halogens is 1. The maximum Gasteiger partial charge on any atom is 0.339 e. The number of rotatable bonds is 5. The van der Waals surface area contributed by atoms with Gasteiger partial charge in [-0.25, -0.2) is 0 Å². The molecule has 0 atom stereocenters. The molecule has 4 nitrogen and oxygen atoms in total. The molecule has 0 saturated carbocycles. The van der Waals surface area contributed by atoms with Crippen LogP contribution in [0.3, 0.4) is 0 Å². The number of benzene rings is 2. The Hall–Kier alpha value is -1.53. The van der Waals surface area contributed by atoms with E-state index in [-0.39, 0.29) is 10.6 Å². The Morgan fingerprint density at radius 2 is 1.81 bits per heavy atom. The Bertz CT molecular complexity index is 741. The van der Waals surface area contributed by atoms with E-state index in [1.165, 1.54) is 12.1 Å². The van der Waals surface area contributed by atoms with Crippen molar-refractivity contribution in [3.8, 4) is 11.5 Å². The number of hydrogen-bond donors (Lipinski definition) is 0. The first-order chi connectivity index (χ1) is 9.90. The summed E-state index contributed by atoms with van der Waals surface area (Å²) in [4.78, 5) is 0.0938. The van der Waals surface area contributed by atoms with Gasteiger partial charge in [0.2, 0.25) is 0 Å². The molecule has 0 aliphatic heterocycles. The van der Waals surface area contributed by atoms with Gasteiger partial charge in [0.25, 0.3) is 0 Å². The van der Waals surface area contributed by atoms with Crippen LogP contribution in [0.1, 0.15) is 12.5 Å². The molecule has 0 aliphatic carbocycles. The molecule has 0 fully saturated rings. The summed E-state index contributed by atoms with van der Waals surface area (Å²) in [6, 6.07) is 11.4. The van der Waals surface area contributed by atoms with E-state index in [0.717, 1.165) is 5.56 Å². The van der Waals surface area contributed by atoms with Crippen LogP contribution in [0.15, 0.2) is 51.8 Å². The van der Waals surface area contributed by atoms with E-state index in [9.17, 15) is 8.42 Å². The molecule has 112 valence electrons. The minimum Gasteiger partial charge on any atom is -0.494 e. The minimum absolute atomic E-state index is 0.0938. The summed E-state index contributed by atoms with van der Waals surface area (Å²) in [5, 5.41) is 0. The average molecular weight is 371 g/mol. The Labute approximate surface area is 133 Å². The lowest BCUT2D eigenvalue weighted by Crippen LogP contribution is -2.10. The van der Waals surface area contributed by atoms with Crippen molar-refractivity contribution < 1.29 is 17.3 Å². The van der Waals surface area contributed by atoms with Crippen molar-refractivity contribution in [3.05, 3.63) is 52.5 Å². The fourth-order valence-electron chi connectivity index (χ4n) is 1.81. The standard InChI is InChI=1S/C15H15BrO4S/c1-3-19-13-7-11(2)8-14(10-13)20-21(17,18)15-6-4-5-12(16)9-15/h4-10H,3H2,1-2H3. The Morgan fingerprint density at radius 3 is 2.48 bits per heavy atom. The fraction of sp³-hybridized carbons (Fsp3) is 0.200. The SMILES string of the molecule is CCOc1cc(C)cc(OS(=O)(=O)c2cccc(Br)c2)c1. The maximum absolute atomic E-state index is 12.3. The highest BCUT2D eigenvalue weighted by Gasteiger charge is 2.17. The predicted molar refractivity (Wildman–Crippen MR) is 84.3 cm³/mol. The van der Waals surface area contributed by atoms with Gasteiger partial charge in [-0.15, -0.1) is 0 Å². The lowest BCUT2D eigenvalue weighted by atomic mass is 10.2. The molecule has 0 N–H and O–H groups in total. The normalized spacial score (nSPS) is 11.2. The quantitative estimate of drug-likeness (QED) is 0.748. The highest BCUT2D eigenvalue weighted by Crippen LogP contribution is 2.26. The van der Waals surface area contributed by atoms with E-state index in [0.29, 0.717) is 16.8 Å². The molecule has 2 aromatic rings. The van der Waals surface area contributed by atoms with Crippen LogP contribution >= 0.6 is 15.9 Å². The van der Waals surface area contributed by atoms with Gasteiger partial charge in [0, 0.05) is 10.5 Å². The lowest BCUT2D eigenvalue weighted by Gasteiger charge is -2.10. The summed E-state index contributed by atoms with van der Waals surface area (Å²) < 4.78 is 35.7. The second-order valence-electron chi connectivity index (χ2n) is 4.41. The third kappa shape index (κ3) is 4.22. The number of ether oxygens (including phenoxy) is 1. The first-order valence-electron chi connectivity index (χ1n) is 6.35. The molecule has 0 heterocycles. The second-order valence-corrected chi connectivity index (χ2v) is 6.87. The topological polar surface area (TPSA) is 52.6 Å². The second kappa shape index (κ2) is 6.49. The van der Waals surface area contributed by atoms with Crippen molar-refractivity contribution in [2.24, 2.45) is 0 Å². The van der Waals surface area contributed by atoms with Gasteiger partial charge in [-0.05, 0) is 49.7 Å². The molecule has 0 aliphatic rings. The van der Waals surface area contributed by atoms with E-state index < -0.39 is 10.1 Å². The molecular formula is C15H15BrO4S. The zero-order chi connectivity index (χ0) is 15.5. The van der Waals surface area contributed by atoms with Crippen LogP contribution in [0.25, 0.3) is 0 Å². The first-order valence-corrected chi connectivity index (χ1v) is 8.55. The van der Waals surface area contributed by atoms with Gasteiger partial charge in [-0.1, -0.05) is 22.0 Å². The molecule has 0 aromatic heterocycles. The molecule has 2 aromatic carbocycles. The van der Waals surface area contributed by atoms with Crippen LogP contribution in [0.2, 0.25) is 0 Å². The maximum atomic E-state index is 12.3. The minimum atomic E-state index is -3.87. The third-order valence-corrected chi connectivity index (χ3v) is 4.36. The van der Waals surface area contributed by atoms with Gasteiger partial charge in [0.05, 0.1) is 6.61 Å². The Morgan fingerprint density at radius 1 is 1.10 bits per heavy atom. The largest absolute Gasteiger partial charge is 0.494 e. The highest BCUT2D eigenvalue weighted by atomic mass is 79.9. The molecule has 0 spiro atoms. The summed E-state index contributed by atoms with van der Waals surface area (Å²) in [6.07, 6.45) is 0. The van der Waals surface area contributed by atoms with Crippen molar-refractivity contribution in [1.29, 1.82) is 0 Å². The van der Waals surface area contributed by atoms with E-state index >= 15 is 0 Å². The molecule has 2 rings (SSSR count). The smallest absolute Gasteiger partial charge is 0.339 e. The summed E-state index contributed by atoms with van der Waals surface area (Å²) in [6.45, 7) is 4.21. The van der Waals surface area contributed by atoms with Crippen molar-refractivity contribution in [3.63, 3.8) is 0 Å². The van der Waals surface area contributed by atoms with Crippen LogP contribution in [0.4, 0.5) is 0 Å². The molecular weight excluding hydrogens is 356 g/mol. The Balaban J connectivity index is 2.32.